The second-order valence-electron chi connectivity index (χ2n) is 4.18. The highest BCUT2D eigenvalue weighted by Gasteiger charge is 2.16. The SMILES string of the molecule is CCN(CC(=O)O)C(=O)Cc1cn2ccccc2n1. The molecule has 0 saturated carbocycles. The van der Waals surface area contributed by atoms with Crippen molar-refractivity contribution in [1.29, 1.82) is 0 Å². The first-order chi connectivity index (χ1) is 9.10. The summed E-state index contributed by atoms with van der Waals surface area (Å²) in [6.45, 7) is 1.85. The number of hydrogen-bond acceptors (Lipinski definition) is 3. The molecule has 0 radical (unpaired) electrons. The molecule has 0 fully saturated rings. The van der Waals surface area contributed by atoms with E-state index in [0.717, 1.165) is 5.65 Å². The maximum atomic E-state index is 12.0. The van der Waals surface area contributed by atoms with Crippen LogP contribution in [0.15, 0.2) is 30.6 Å². The quantitative estimate of drug-likeness (QED) is 0.864. The van der Waals surface area contributed by atoms with Gasteiger partial charge in [-0.25, -0.2) is 4.98 Å². The van der Waals surface area contributed by atoms with Gasteiger partial charge in [0.25, 0.3) is 0 Å². The van der Waals surface area contributed by atoms with E-state index in [1.165, 1.54) is 4.90 Å². The van der Waals surface area contributed by atoms with Crippen molar-refractivity contribution in [1.82, 2.24) is 14.3 Å². The van der Waals surface area contributed by atoms with Gasteiger partial charge in [0.1, 0.15) is 12.2 Å². The molecule has 2 aromatic rings. The Morgan fingerprint density at radius 2 is 2.21 bits per heavy atom. The first-order valence-corrected chi connectivity index (χ1v) is 6.02. The van der Waals surface area contributed by atoms with Crippen LogP contribution in [0.2, 0.25) is 0 Å². The van der Waals surface area contributed by atoms with Crippen LogP contribution in [0.3, 0.4) is 0 Å². The fourth-order valence-corrected chi connectivity index (χ4v) is 1.88. The van der Waals surface area contributed by atoms with Crippen LogP contribution < -0.4 is 0 Å². The fourth-order valence-electron chi connectivity index (χ4n) is 1.88. The van der Waals surface area contributed by atoms with Gasteiger partial charge in [0, 0.05) is 18.9 Å². The Morgan fingerprint density at radius 1 is 1.42 bits per heavy atom. The molecule has 2 aromatic heterocycles. The third-order valence-corrected chi connectivity index (χ3v) is 2.81. The molecule has 6 nitrogen and oxygen atoms in total. The number of aromatic nitrogens is 2. The van der Waals surface area contributed by atoms with E-state index < -0.39 is 5.97 Å². The number of imidazole rings is 1. The van der Waals surface area contributed by atoms with Gasteiger partial charge < -0.3 is 14.4 Å². The van der Waals surface area contributed by atoms with Gasteiger partial charge in [0.2, 0.25) is 5.91 Å². The molecule has 100 valence electrons. The smallest absolute Gasteiger partial charge is 0.323 e. The molecule has 2 heterocycles. The topological polar surface area (TPSA) is 74.9 Å². The highest BCUT2D eigenvalue weighted by atomic mass is 16.4. The summed E-state index contributed by atoms with van der Waals surface area (Å²) in [5.74, 6) is -1.24. The second kappa shape index (κ2) is 5.51. The first-order valence-electron chi connectivity index (χ1n) is 6.02. The van der Waals surface area contributed by atoms with Gasteiger partial charge in [-0.3, -0.25) is 9.59 Å². The monoisotopic (exact) mass is 261 g/mol. The van der Waals surface area contributed by atoms with Crippen LogP contribution in [0.1, 0.15) is 12.6 Å². The zero-order valence-corrected chi connectivity index (χ0v) is 10.6. The molecule has 0 aliphatic carbocycles. The van der Waals surface area contributed by atoms with Gasteiger partial charge in [-0.05, 0) is 19.1 Å². The Kier molecular flexibility index (Phi) is 3.79. The van der Waals surface area contributed by atoms with E-state index >= 15 is 0 Å². The normalized spacial score (nSPS) is 10.6. The molecule has 0 aromatic carbocycles. The van der Waals surface area contributed by atoms with Crippen molar-refractivity contribution in [2.75, 3.05) is 13.1 Å². The molecular formula is C13H15N3O3. The van der Waals surface area contributed by atoms with Gasteiger partial charge in [-0.1, -0.05) is 6.07 Å². The van der Waals surface area contributed by atoms with Gasteiger partial charge in [0.05, 0.1) is 12.1 Å². The van der Waals surface area contributed by atoms with Crippen LogP contribution in [0, 0.1) is 0 Å². The van der Waals surface area contributed by atoms with Gasteiger partial charge in [-0.2, -0.15) is 0 Å². The number of carbonyl (C=O) groups excluding carboxylic acids is 1. The molecule has 0 bridgehead atoms. The molecule has 19 heavy (non-hydrogen) atoms. The molecule has 2 rings (SSSR count). The summed E-state index contributed by atoms with van der Waals surface area (Å²) in [5.41, 5.74) is 1.41. The van der Waals surface area contributed by atoms with E-state index in [2.05, 4.69) is 4.98 Å². The Bertz CT molecular complexity index is 573. The van der Waals surface area contributed by atoms with Crippen molar-refractivity contribution < 1.29 is 14.7 Å². The lowest BCUT2D eigenvalue weighted by atomic mass is 10.3. The summed E-state index contributed by atoms with van der Waals surface area (Å²) in [5, 5.41) is 8.73. The number of carbonyl (C=O) groups is 2. The molecule has 0 unspecified atom stereocenters. The number of carboxylic acid groups (broad SMARTS) is 1. The van der Waals surface area contributed by atoms with Gasteiger partial charge >= 0.3 is 5.97 Å². The third kappa shape index (κ3) is 3.09. The lowest BCUT2D eigenvalue weighted by Gasteiger charge is -2.17. The molecule has 1 N–H and O–H groups in total. The van der Waals surface area contributed by atoms with Crippen molar-refractivity contribution >= 4 is 17.5 Å². The standard InChI is InChI=1S/C13H15N3O3/c1-2-15(9-13(18)19)12(17)7-10-8-16-6-4-3-5-11(16)14-10/h3-6,8H,2,7,9H2,1H3,(H,18,19). The van der Waals surface area contributed by atoms with Crippen LogP contribution in [0.4, 0.5) is 0 Å². The molecular weight excluding hydrogens is 246 g/mol. The fraction of sp³-hybridized carbons (Fsp3) is 0.308. The minimum absolute atomic E-state index is 0.114. The summed E-state index contributed by atoms with van der Waals surface area (Å²) in [4.78, 5) is 28.2. The van der Waals surface area contributed by atoms with Crippen molar-refractivity contribution in [3.05, 3.63) is 36.3 Å². The van der Waals surface area contributed by atoms with Crippen LogP contribution in [0.5, 0.6) is 0 Å². The number of hydrogen-bond donors (Lipinski definition) is 1. The molecule has 6 heteroatoms. The maximum Gasteiger partial charge on any atom is 0.323 e. The van der Waals surface area contributed by atoms with Crippen LogP contribution in [-0.2, 0) is 16.0 Å². The van der Waals surface area contributed by atoms with E-state index in [9.17, 15) is 9.59 Å². The Balaban J connectivity index is 2.11. The highest BCUT2D eigenvalue weighted by molar-refractivity contribution is 5.82. The Labute approximate surface area is 110 Å². The van der Waals surface area contributed by atoms with E-state index in [1.807, 2.05) is 28.8 Å². The summed E-state index contributed by atoms with van der Waals surface area (Å²) in [7, 11) is 0. The molecule has 0 spiro atoms. The summed E-state index contributed by atoms with van der Waals surface area (Å²) in [6, 6.07) is 5.60. The minimum Gasteiger partial charge on any atom is -0.480 e. The summed E-state index contributed by atoms with van der Waals surface area (Å²) < 4.78 is 1.83. The number of pyridine rings is 1. The van der Waals surface area contributed by atoms with Crippen molar-refractivity contribution in [3.63, 3.8) is 0 Å². The highest BCUT2D eigenvalue weighted by Crippen LogP contribution is 2.06. The van der Waals surface area contributed by atoms with E-state index in [0.29, 0.717) is 12.2 Å². The number of carboxylic acids is 1. The molecule has 1 amide bonds. The largest absolute Gasteiger partial charge is 0.480 e. The first kappa shape index (κ1) is 13.1. The van der Waals surface area contributed by atoms with Crippen molar-refractivity contribution in [2.24, 2.45) is 0 Å². The van der Waals surface area contributed by atoms with E-state index in [-0.39, 0.29) is 18.9 Å². The average molecular weight is 261 g/mol. The lowest BCUT2D eigenvalue weighted by molar-refractivity contribution is -0.144. The van der Waals surface area contributed by atoms with E-state index in [4.69, 9.17) is 5.11 Å². The lowest BCUT2D eigenvalue weighted by Crippen LogP contribution is -2.36. The van der Waals surface area contributed by atoms with Crippen LogP contribution in [0.25, 0.3) is 5.65 Å². The Hall–Kier alpha value is -2.37. The van der Waals surface area contributed by atoms with Gasteiger partial charge in [0.15, 0.2) is 0 Å². The zero-order valence-electron chi connectivity index (χ0n) is 10.6. The molecule has 0 aliphatic heterocycles. The predicted molar refractivity (Wildman–Crippen MR) is 68.8 cm³/mol. The van der Waals surface area contributed by atoms with Crippen molar-refractivity contribution in [2.45, 2.75) is 13.3 Å². The average Bonchev–Trinajstić information content (AvgIpc) is 2.77. The van der Waals surface area contributed by atoms with Crippen LogP contribution >= 0.6 is 0 Å². The van der Waals surface area contributed by atoms with Crippen LogP contribution in [-0.4, -0.2) is 44.4 Å². The number of likely N-dealkylation sites (N-methyl/N-ethyl adjacent to an activating group) is 1. The summed E-state index contributed by atoms with van der Waals surface area (Å²) >= 11 is 0. The Morgan fingerprint density at radius 3 is 2.84 bits per heavy atom. The number of rotatable bonds is 5. The zero-order chi connectivity index (χ0) is 13.8. The third-order valence-electron chi connectivity index (χ3n) is 2.81. The van der Waals surface area contributed by atoms with E-state index in [1.54, 1.807) is 13.1 Å². The number of nitrogens with zero attached hydrogens (tertiary/aromatic N) is 3. The maximum absolute atomic E-state index is 12.0. The molecule has 0 saturated heterocycles. The predicted octanol–water partition coefficient (Wildman–Crippen LogP) is 0.810. The molecule has 0 atom stereocenters. The number of aliphatic carboxylic acids is 1. The molecule has 0 aliphatic rings. The second-order valence-corrected chi connectivity index (χ2v) is 4.18. The van der Waals surface area contributed by atoms with Crippen molar-refractivity contribution in [3.8, 4) is 0 Å². The minimum atomic E-state index is -1.01. The number of amides is 1. The number of fused-ring (bicyclic) bond motifs is 1. The summed E-state index contributed by atoms with van der Waals surface area (Å²) in [6.07, 6.45) is 3.75. The van der Waals surface area contributed by atoms with Gasteiger partial charge in [-0.15, -0.1) is 0 Å².